The van der Waals surface area contributed by atoms with Gasteiger partial charge in [0.15, 0.2) is 0 Å². The molecule has 3 heterocycles. The van der Waals surface area contributed by atoms with E-state index in [1.54, 1.807) is 30.6 Å². The highest BCUT2D eigenvalue weighted by molar-refractivity contribution is 6.30. The summed E-state index contributed by atoms with van der Waals surface area (Å²) in [6.07, 6.45) is 3.00. The van der Waals surface area contributed by atoms with Gasteiger partial charge in [-0.2, -0.15) is 0 Å². The maximum atomic E-state index is 14.1. The van der Waals surface area contributed by atoms with Crippen molar-refractivity contribution in [2.45, 2.75) is 31.6 Å². The van der Waals surface area contributed by atoms with Crippen LogP contribution < -0.4 is 16.4 Å². The Kier molecular flexibility index (Phi) is 7.27. The van der Waals surface area contributed by atoms with E-state index >= 15 is 0 Å². The van der Waals surface area contributed by atoms with Crippen molar-refractivity contribution in [2.24, 2.45) is 5.73 Å². The molecule has 0 spiro atoms. The van der Waals surface area contributed by atoms with Crippen molar-refractivity contribution in [3.8, 4) is 11.1 Å². The zero-order valence-electron chi connectivity index (χ0n) is 18.3. The third-order valence-corrected chi connectivity index (χ3v) is 5.99. The molecule has 1 aromatic carbocycles. The van der Waals surface area contributed by atoms with Gasteiger partial charge in [0.25, 0.3) is 5.91 Å². The minimum absolute atomic E-state index is 0.0889. The number of aromatic amines is 1. The molecule has 4 rings (SSSR count). The summed E-state index contributed by atoms with van der Waals surface area (Å²) in [6.45, 7) is 2.78. The molecule has 174 valence electrons. The number of hydrogen-bond donors (Lipinski definition) is 4. The molecule has 3 aromatic rings. The van der Waals surface area contributed by atoms with Crippen LogP contribution in [0.25, 0.3) is 11.1 Å². The first-order valence-electron chi connectivity index (χ1n) is 10.8. The van der Waals surface area contributed by atoms with Gasteiger partial charge in [-0.25, -0.2) is 9.37 Å². The maximum Gasteiger partial charge on any atom is 0.268 e. The molecule has 3 atom stereocenters. The fourth-order valence-electron chi connectivity index (χ4n) is 3.89. The fourth-order valence-corrected chi connectivity index (χ4v) is 4.09. The van der Waals surface area contributed by atoms with Crippen molar-refractivity contribution in [3.63, 3.8) is 0 Å². The average molecular weight is 472 g/mol. The Morgan fingerprint density at radius 3 is 3.00 bits per heavy atom. The van der Waals surface area contributed by atoms with Gasteiger partial charge in [0, 0.05) is 36.1 Å². The number of alkyl halides is 1. The Balaban J connectivity index is 1.49. The lowest BCUT2D eigenvalue weighted by Crippen LogP contribution is -2.39. The minimum Gasteiger partial charge on any atom is -0.378 e. The molecule has 0 aliphatic carbocycles. The summed E-state index contributed by atoms with van der Waals surface area (Å²) < 4.78 is 19.3. The van der Waals surface area contributed by atoms with E-state index in [1.807, 2.05) is 25.1 Å². The first-order chi connectivity index (χ1) is 15.9. The Labute approximate surface area is 196 Å². The van der Waals surface area contributed by atoms with Crippen LogP contribution in [0.3, 0.4) is 0 Å². The zero-order chi connectivity index (χ0) is 23.4. The van der Waals surface area contributed by atoms with Gasteiger partial charge in [-0.1, -0.05) is 23.7 Å². The summed E-state index contributed by atoms with van der Waals surface area (Å²) in [5.41, 5.74) is 9.80. The molecular formula is C24H27ClFN5O2. The van der Waals surface area contributed by atoms with Crippen molar-refractivity contribution in [1.29, 1.82) is 0 Å². The third-order valence-electron chi connectivity index (χ3n) is 5.75. The van der Waals surface area contributed by atoms with E-state index in [-0.39, 0.29) is 31.1 Å². The molecule has 0 radical (unpaired) electrons. The van der Waals surface area contributed by atoms with Gasteiger partial charge in [-0.3, -0.25) is 4.79 Å². The number of pyridine rings is 1. The van der Waals surface area contributed by atoms with E-state index in [0.717, 1.165) is 22.3 Å². The molecule has 0 bridgehead atoms. The van der Waals surface area contributed by atoms with Crippen LogP contribution in [0.5, 0.6) is 0 Å². The van der Waals surface area contributed by atoms with Crippen molar-refractivity contribution < 1.29 is 13.9 Å². The van der Waals surface area contributed by atoms with Crippen LogP contribution in [0.15, 0.2) is 48.8 Å². The summed E-state index contributed by atoms with van der Waals surface area (Å²) in [5, 5.41) is 6.70. The summed E-state index contributed by atoms with van der Waals surface area (Å²) in [7, 11) is 0. The number of aromatic nitrogens is 2. The molecule has 0 unspecified atom stereocenters. The van der Waals surface area contributed by atoms with Crippen LogP contribution in [0.1, 0.15) is 34.1 Å². The minimum atomic E-state index is -1.08. The lowest BCUT2D eigenvalue weighted by Gasteiger charge is -2.27. The number of nitrogens with zero attached hydrogens (tertiary/aromatic N) is 1. The van der Waals surface area contributed by atoms with Crippen molar-refractivity contribution in [3.05, 3.63) is 70.6 Å². The molecule has 33 heavy (non-hydrogen) atoms. The molecule has 1 aliphatic heterocycles. The van der Waals surface area contributed by atoms with Gasteiger partial charge < -0.3 is 26.1 Å². The summed E-state index contributed by atoms with van der Waals surface area (Å²) in [5.74, 6) is 0.311. The van der Waals surface area contributed by atoms with Gasteiger partial charge >= 0.3 is 0 Å². The highest BCUT2D eigenvalue weighted by atomic mass is 35.5. The van der Waals surface area contributed by atoms with Crippen LogP contribution in [0, 0.1) is 6.92 Å². The number of halogens is 2. The Hall–Kier alpha value is -2.94. The van der Waals surface area contributed by atoms with Crippen LogP contribution in [0.4, 0.5) is 10.2 Å². The number of nitrogens with two attached hydrogens (primary N) is 1. The van der Waals surface area contributed by atoms with E-state index in [0.29, 0.717) is 29.6 Å². The van der Waals surface area contributed by atoms with E-state index in [4.69, 9.17) is 22.1 Å². The second-order valence-electron chi connectivity index (χ2n) is 8.13. The van der Waals surface area contributed by atoms with Crippen LogP contribution in [0.2, 0.25) is 5.02 Å². The quantitative estimate of drug-likeness (QED) is 0.416. The molecule has 2 aromatic heterocycles. The fraction of sp³-hybridized carbons (Fsp3) is 0.333. The molecule has 1 aliphatic rings. The van der Waals surface area contributed by atoms with Crippen LogP contribution in [-0.4, -0.2) is 47.8 Å². The van der Waals surface area contributed by atoms with Crippen molar-refractivity contribution in [2.75, 3.05) is 25.1 Å². The third kappa shape index (κ3) is 5.52. The maximum absolute atomic E-state index is 14.1. The van der Waals surface area contributed by atoms with E-state index in [2.05, 4.69) is 20.6 Å². The van der Waals surface area contributed by atoms with E-state index in [9.17, 15) is 9.18 Å². The van der Waals surface area contributed by atoms with Crippen LogP contribution in [-0.2, 0) is 4.74 Å². The lowest BCUT2D eigenvalue weighted by molar-refractivity contribution is 0.0285. The summed E-state index contributed by atoms with van der Waals surface area (Å²) in [6, 6.07) is 10.2. The smallest absolute Gasteiger partial charge is 0.268 e. The highest BCUT2D eigenvalue weighted by Crippen LogP contribution is 2.27. The molecule has 1 amide bonds. The molecule has 5 N–H and O–H groups in total. The number of H-pyrrole nitrogens is 1. The van der Waals surface area contributed by atoms with E-state index < -0.39 is 6.17 Å². The number of rotatable bonds is 7. The first kappa shape index (κ1) is 23.2. The van der Waals surface area contributed by atoms with Gasteiger partial charge in [0.05, 0.1) is 18.7 Å². The SMILES string of the molecule is Cc1cnc(N[C@H]2CCOC[C@@H]2F)cc1-c1c[nH]c(C(=O)N[C@H](CN)c2cccc(Cl)c2)c1. The molecule has 0 saturated carbocycles. The molecule has 1 saturated heterocycles. The number of benzene rings is 1. The first-order valence-corrected chi connectivity index (χ1v) is 11.2. The van der Waals surface area contributed by atoms with Crippen molar-refractivity contribution >= 4 is 23.3 Å². The number of amides is 1. The average Bonchev–Trinajstić information content (AvgIpc) is 3.30. The van der Waals surface area contributed by atoms with Gasteiger partial charge in [-0.05, 0) is 54.3 Å². The highest BCUT2D eigenvalue weighted by Gasteiger charge is 2.26. The van der Waals surface area contributed by atoms with Crippen molar-refractivity contribution in [1.82, 2.24) is 15.3 Å². The normalized spacial score (nSPS) is 19.2. The number of aryl methyl sites for hydroxylation is 1. The molecule has 9 heteroatoms. The van der Waals surface area contributed by atoms with E-state index in [1.165, 1.54) is 0 Å². The predicted octanol–water partition coefficient (Wildman–Crippen LogP) is 4.01. The summed E-state index contributed by atoms with van der Waals surface area (Å²) in [4.78, 5) is 20.3. The number of anilines is 1. The van der Waals surface area contributed by atoms with Gasteiger partial charge in [0.2, 0.25) is 0 Å². The molecular weight excluding hydrogens is 445 g/mol. The Morgan fingerprint density at radius 2 is 2.24 bits per heavy atom. The molecule has 7 nitrogen and oxygen atoms in total. The zero-order valence-corrected chi connectivity index (χ0v) is 19.0. The second kappa shape index (κ2) is 10.3. The topological polar surface area (TPSA) is 105 Å². The number of nitrogens with one attached hydrogen (secondary N) is 3. The second-order valence-corrected chi connectivity index (χ2v) is 8.57. The summed E-state index contributed by atoms with van der Waals surface area (Å²) >= 11 is 6.07. The number of hydrogen-bond acceptors (Lipinski definition) is 5. The monoisotopic (exact) mass is 471 g/mol. The van der Waals surface area contributed by atoms with Crippen LogP contribution >= 0.6 is 11.6 Å². The Morgan fingerprint density at radius 1 is 1.39 bits per heavy atom. The largest absolute Gasteiger partial charge is 0.378 e. The molecule has 1 fully saturated rings. The predicted molar refractivity (Wildman–Crippen MR) is 127 cm³/mol. The Bertz CT molecular complexity index is 1120. The standard InChI is InChI=1S/C24H27ClFN5O2/c1-14-11-29-23(30-20-5-6-33-13-19(20)26)9-18(14)16-8-21(28-12-16)24(32)31-22(10-27)15-3-2-4-17(25)7-15/h2-4,7-9,11-12,19-20,22,28H,5-6,10,13,27H2,1H3,(H,29,30)(H,31,32)/t19-,20-,22+/m0/s1. The lowest BCUT2D eigenvalue weighted by atomic mass is 10.0. The van der Waals surface area contributed by atoms with Gasteiger partial charge in [0.1, 0.15) is 17.7 Å². The number of carbonyl (C=O) groups excluding carboxylic acids is 1. The number of ether oxygens (including phenoxy) is 1. The number of carbonyl (C=O) groups is 1. The van der Waals surface area contributed by atoms with Gasteiger partial charge in [-0.15, -0.1) is 0 Å².